The summed E-state index contributed by atoms with van der Waals surface area (Å²) in [7, 11) is 0. The maximum absolute atomic E-state index is 13.2. The van der Waals surface area contributed by atoms with E-state index in [1.54, 1.807) is 43.3 Å². The first-order valence-corrected chi connectivity index (χ1v) is 12.3. The number of aryl methyl sites for hydroxylation is 1. The van der Waals surface area contributed by atoms with Gasteiger partial charge < -0.3 is 15.7 Å². The molecule has 2 unspecified atom stereocenters. The van der Waals surface area contributed by atoms with E-state index in [4.69, 9.17) is 0 Å². The molecule has 0 saturated carbocycles. The van der Waals surface area contributed by atoms with Crippen molar-refractivity contribution in [1.82, 2.24) is 0 Å². The van der Waals surface area contributed by atoms with Crippen LogP contribution in [0.25, 0.3) is 11.1 Å². The lowest BCUT2D eigenvalue weighted by Gasteiger charge is -2.35. The number of nitrogens with one attached hydrogen (secondary N) is 2. The fourth-order valence-electron chi connectivity index (χ4n) is 4.94. The summed E-state index contributed by atoms with van der Waals surface area (Å²) in [5.74, 6) is -1.84. The monoisotopic (exact) mass is 536 g/mol. The minimum absolute atomic E-state index is 0.0120. The number of halogens is 3. The third kappa shape index (κ3) is 5.87. The highest BCUT2D eigenvalue weighted by Gasteiger charge is 2.46. The predicted molar refractivity (Wildman–Crippen MR) is 143 cm³/mol. The highest BCUT2D eigenvalue weighted by Crippen LogP contribution is 2.41. The minimum atomic E-state index is -4.51. The molecular weight excluding hydrogens is 509 g/mol. The van der Waals surface area contributed by atoms with Crippen LogP contribution in [0.5, 0.6) is 0 Å². The van der Waals surface area contributed by atoms with Crippen LogP contribution in [0, 0.1) is 11.3 Å². The van der Waals surface area contributed by atoms with Crippen molar-refractivity contribution < 1.29 is 32.7 Å². The van der Waals surface area contributed by atoms with Crippen molar-refractivity contribution >= 4 is 29.2 Å². The van der Waals surface area contributed by atoms with Crippen LogP contribution in [0.1, 0.15) is 41.3 Å². The number of allylic oxidation sites excluding steroid dienone is 1. The summed E-state index contributed by atoms with van der Waals surface area (Å²) in [6, 6.07) is 16.0. The van der Waals surface area contributed by atoms with E-state index in [1.807, 2.05) is 6.07 Å². The Morgan fingerprint density at radius 2 is 1.67 bits per heavy atom. The summed E-state index contributed by atoms with van der Waals surface area (Å²) in [6.07, 6.45) is -1.79. The number of ketones is 1. The number of carbonyl (C=O) groups is 3. The van der Waals surface area contributed by atoms with Crippen LogP contribution in [0.3, 0.4) is 0 Å². The number of rotatable bonds is 7. The van der Waals surface area contributed by atoms with Crippen LogP contribution >= 0.6 is 0 Å². The van der Waals surface area contributed by atoms with Gasteiger partial charge in [0.2, 0.25) is 0 Å². The highest BCUT2D eigenvalue weighted by molar-refractivity contribution is 6.03. The minimum Gasteiger partial charge on any atom is -0.481 e. The van der Waals surface area contributed by atoms with Gasteiger partial charge in [0.25, 0.3) is 0 Å². The second-order valence-corrected chi connectivity index (χ2v) is 9.78. The molecule has 39 heavy (non-hydrogen) atoms. The summed E-state index contributed by atoms with van der Waals surface area (Å²) in [6.45, 7) is 5.24. The molecule has 3 N–H and O–H groups in total. The number of amides is 2. The third-order valence-electron chi connectivity index (χ3n) is 7.14. The van der Waals surface area contributed by atoms with Gasteiger partial charge in [0.15, 0.2) is 5.78 Å². The van der Waals surface area contributed by atoms with E-state index in [9.17, 15) is 32.7 Å². The molecule has 0 heterocycles. The third-order valence-corrected chi connectivity index (χ3v) is 7.14. The van der Waals surface area contributed by atoms with Crippen molar-refractivity contribution in [2.75, 3.05) is 10.6 Å². The quantitative estimate of drug-likeness (QED) is 0.274. The Hall–Kier alpha value is -4.40. The molecule has 0 fully saturated rings. The second-order valence-electron chi connectivity index (χ2n) is 9.78. The van der Waals surface area contributed by atoms with Gasteiger partial charge in [0.1, 0.15) is 0 Å². The van der Waals surface area contributed by atoms with Crippen molar-refractivity contribution in [3.8, 4) is 11.1 Å². The summed E-state index contributed by atoms with van der Waals surface area (Å²) < 4.78 is 38.7. The standard InChI is InChI=1S/C30H27F3N2O4/c1-3-15-29(2,27(37)38)25-14-10-20-16-19(9-13-24(20)26(25)36)18-7-11-22(12-8-18)34-28(39)35-23-6-4-5-21(17-23)30(31,32)33/h3-9,11-13,16-17,25H,1,10,14-15H2,2H3,(H,37,38)(H2,34,35,39). The zero-order chi connectivity index (χ0) is 28.4. The van der Waals surface area contributed by atoms with Crippen LogP contribution in [0.4, 0.5) is 29.3 Å². The zero-order valence-corrected chi connectivity index (χ0v) is 21.1. The topological polar surface area (TPSA) is 95.5 Å². The molecule has 0 aromatic heterocycles. The van der Waals surface area contributed by atoms with Gasteiger partial charge in [0, 0.05) is 22.9 Å². The molecule has 4 rings (SSSR count). The highest BCUT2D eigenvalue weighted by atomic mass is 19.4. The van der Waals surface area contributed by atoms with Crippen LogP contribution in [-0.2, 0) is 17.4 Å². The number of hydrogen-bond donors (Lipinski definition) is 3. The Balaban J connectivity index is 1.45. The van der Waals surface area contributed by atoms with E-state index in [-0.39, 0.29) is 17.9 Å². The Labute approximate surface area is 223 Å². The van der Waals surface area contributed by atoms with Gasteiger partial charge in [-0.1, -0.05) is 42.5 Å². The summed E-state index contributed by atoms with van der Waals surface area (Å²) in [5, 5.41) is 14.8. The van der Waals surface area contributed by atoms with Gasteiger partial charge >= 0.3 is 18.2 Å². The number of Topliss-reactive ketones (excluding diaryl/α,β-unsaturated/α-hetero) is 1. The number of carbonyl (C=O) groups excluding carboxylic acids is 2. The van der Waals surface area contributed by atoms with Gasteiger partial charge in [-0.05, 0) is 73.2 Å². The first-order chi connectivity index (χ1) is 18.4. The maximum atomic E-state index is 13.2. The molecule has 6 nitrogen and oxygen atoms in total. The molecule has 0 spiro atoms. The lowest BCUT2D eigenvalue weighted by atomic mass is 9.66. The molecule has 1 aliphatic carbocycles. The fourth-order valence-corrected chi connectivity index (χ4v) is 4.94. The predicted octanol–water partition coefficient (Wildman–Crippen LogP) is 7.43. The van der Waals surface area contributed by atoms with Crippen molar-refractivity contribution in [3.63, 3.8) is 0 Å². The van der Waals surface area contributed by atoms with Gasteiger partial charge in [-0.25, -0.2) is 4.79 Å². The zero-order valence-electron chi connectivity index (χ0n) is 21.1. The largest absolute Gasteiger partial charge is 0.481 e. The number of benzene rings is 3. The first kappa shape index (κ1) is 27.6. The second kappa shape index (κ2) is 10.8. The number of alkyl halides is 3. The number of carboxylic acid groups (broad SMARTS) is 1. The van der Waals surface area contributed by atoms with Crippen molar-refractivity contribution in [1.29, 1.82) is 0 Å². The van der Waals surface area contributed by atoms with Crippen LogP contribution < -0.4 is 10.6 Å². The van der Waals surface area contributed by atoms with Gasteiger partial charge in [0.05, 0.1) is 11.0 Å². The molecule has 2 amide bonds. The van der Waals surface area contributed by atoms with Crippen LogP contribution in [-0.4, -0.2) is 22.9 Å². The Bertz CT molecular complexity index is 1430. The van der Waals surface area contributed by atoms with Gasteiger partial charge in [-0.2, -0.15) is 13.2 Å². The average Bonchev–Trinajstić information content (AvgIpc) is 2.88. The Morgan fingerprint density at radius 3 is 2.31 bits per heavy atom. The van der Waals surface area contributed by atoms with E-state index >= 15 is 0 Å². The summed E-state index contributed by atoms with van der Waals surface area (Å²) in [4.78, 5) is 37.5. The van der Waals surface area contributed by atoms with Crippen molar-refractivity contribution in [2.24, 2.45) is 11.3 Å². The molecule has 2 atom stereocenters. The first-order valence-electron chi connectivity index (χ1n) is 12.3. The Kier molecular flexibility index (Phi) is 7.63. The average molecular weight is 537 g/mol. The lowest BCUT2D eigenvalue weighted by Crippen LogP contribution is -2.42. The SMILES string of the molecule is C=CCC(C)(C(=O)O)C1CCc2cc(-c3ccc(NC(=O)Nc4cccc(C(F)(F)F)c4)cc3)ccc2C1=O. The molecule has 0 radical (unpaired) electrons. The van der Waals surface area contributed by atoms with Gasteiger partial charge in [-0.3, -0.25) is 9.59 Å². The van der Waals surface area contributed by atoms with E-state index in [0.717, 1.165) is 28.8 Å². The van der Waals surface area contributed by atoms with E-state index in [1.165, 1.54) is 18.2 Å². The number of hydrogen-bond acceptors (Lipinski definition) is 3. The molecule has 3 aromatic carbocycles. The number of fused-ring (bicyclic) bond motifs is 1. The number of aliphatic carboxylic acids is 1. The number of urea groups is 1. The summed E-state index contributed by atoms with van der Waals surface area (Å²) >= 11 is 0. The van der Waals surface area contributed by atoms with E-state index < -0.39 is 35.1 Å². The number of anilines is 2. The molecule has 1 aliphatic rings. The molecule has 0 saturated heterocycles. The molecule has 3 aromatic rings. The maximum Gasteiger partial charge on any atom is 0.416 e. The van der Waals surface area contributed by atoms with E-state index in [2.05, 4.69) is 17.2 Å². The van der Waals surface area contributed by atoms with E-state index in [0.29, 0.717) is 24.1 Å². The molecule has 9 heteroatoms. The number of carboxylic acids is 1. The molecular formula is C30H27F3N2O4. The molecule has 0 bridgehead atoms. The molecule has 202 valence electrons. The normalized spacial score (nSPS) is 16.5. The fraction of sp³-hybridized carbons (Fsp3) is 0.233. The smallest absolute Gasteiger partial charge is 0.416 e. The van der Waals surface area contributed by atoms with Crippen LogP contribution in [0.2, 0.25) is 0 Å². The van der Waals surface area contributed by atoms with Crippen LogP contribution in [0.15, 0.2) is 79.4 Å². The Morgan fingerprint density at radius 1 is 1.00 bits per heavy atom. The lowest BCUT2D eigenvalue weighted by molar-refractivity contribution is -0.150. The van der Waals surface area contributed by atoms with Crippen molar-refractivity contribution in [3.05, 3.63) is 96.1 Å². The summed E-state index contributed by atoms with van der Waals surface area (Å²) in [5.41, 5.74) is 1.43. The molecule has 0 aliphatic heterocycles. The van der Waals surface area contributed by atoms with Gasteiger partial charge in [-0.15, -0.1) is 6.58 Å². The van der Waals surface area contributed by atoms with Crippen molar-refractivity contribution in [2.45, 2.75) is 32.4 Å².